The number of anilines is 3. The molecule has 10 rings (SSSR count). The van der Waals surface area contributed by atoms with E-state index in [2.05, 4.69) is 195 Å². The second-order valence-corrected chi connectivity index (χ2v) is 14.3. The maximum atomic E-state index is 2.44. The zero-order valence-corrected chi connectivity index (χ0v) is 29.4. The van der Waals surface area contributed by atoms with Crippen molar-refractivity contribution in [3.05, 3.63) is 198 Å². The zero-order chi connectivity index (χ0) is 34.8. The third kappa shape index (κ3) is 5.00. The van der Waals surface area contributed by atoms with Gasteiger partial charge in [0.25, 0.3) is 0 Å². The van der Waals surface area contributed by atoms with Crippen LogP contribution in [0.25, 0.3) is 65.7 Å². The molecule has 52 heavy (non-hydrogen) atoms. The van der Waals surface area contributed by atoms with Gasteiger partial charge in [-0.3, -0.25) is 0 Å². The van der Waals surface area contributed by atoms with Crippen LogP contribution >= 0.6 is 0 Å². The Morgan fingerprint density at radius 1 is 0.365 bits per heavy atom. The topological polar surface area (TPSA) is 3.24 Å². The summed E-state index contributed by atoms with van der Waals surface area (Å²) in [6, 6.07) is 65.1. The van der Waals surface area contributed by atoms with Gasteiger partial charge in [0, 0.05) is 16.8 Å². The van der Waals surface area contributed by atoms with Crippen molar-refractivity contribution in [2.75, 3.05) is 4.90 Å². The highest BCUT2D eigenvalue weighted by atomic mass is 15.1. The van der Waals surface area contributed by atoms with E-state index in [1.807, 2.05) is 0 Å². The van der Waals surface area contributed by atoms with E-state index in [0.717, 1.165) is 17.8 Å². The standard InChI is InChI=1S/C51H37N/c1-33-18-19-38(39-22-23-41-29-40-12-5-7-15-46(40)49(41)31-39)30-48(33)44-27-26-42(28-34(44)2)52(51-17-9-13-35-10-4-8-16-47(35)51)43-25-24-37-21-20-36-11-3-6-14-45(36)50(37)32-43/h3-28,30-32H,29H2,1-2H3. The summed E-state index contributed by atoms with van der Waals surface area (Å²) in [5, 5.41) is 7.49. The zero-order valence-electron chi connectivity index (χ0n) is 29.4. The van der Waals surface area contributed by atoms with Crippen molar-refractivity contribution in [3.63, 3.8) is 0 Å². The Hall–Kier alpha value is -6.44. The van der Waals surface area contributed by atoms with Crippen molar-refractivity contribution in [3.8, 4) is 33.4 Å². The van der Waals surface area contributed by atoms with Crippen molar-refractivity contribution < 1.29 is 0 Å². The SMILES string of the molecule is Cc1cc(N(c2ccc3ccc4ccccc4c3c2)c2cccc3ccccc23)ccc1-c1cc(-c2ccc3c(c2)-c2ccccc2C3)ccc1C. The van der Waals surface area contributed by atoms with E-state index in [0.29, 0.717) is 0 Å². The molecule has 1 nitrogen and oxygen atoms in total. The Balaban J connectivity index is 1.10. The molecular weight excluding hydrogens is 627 g/mol. The lowest BCUT2D eigenvalue weighted by atomic mass is 9.91. The summed E-state index contributed by atoms with van der Waals surface area (Å²) in [5.41, 5.74) is 16.6. The molecule has 246 valence electrons. The predicted octanol–water partition coefficient (Wildman–Crippen LogP) is 14.1. The molecule has 0 saturated heterocycles. The van der Waals surface area contributed by atoms with Gasteiger partial charge in [0.1, 0.15) is 0 Å². The van der Waals surface area contributed by atoms with Crippen molar-refractivity contribution in [2.24, 2.45) is 0 Å². The minimum absolute atomic E-state index is 1.02. The molecule has 0 aliphatic heterocycles. The number of hydrogen-bond donors (Lipinski definition) is 0. The van der Waals surface area contributed by atoms with E-state index in [1.165, 1.54) is 93.6 Å². The Morgan fingerprint density at radius 3 is 1.83 bits per heavy atom. The smallest absolute Gasteiger partial charge is 0.0540 e. The Bertz CT molecular complexity index is 2850. The Morgan fingerprint density at radius 2 is 0.981 bits per heavy atom. The molecule has 0 radical (unpaired) electrons. The highest BCUT2D eigenvalue weighted by Gasteiger charge is 2.20. The summed E-state index contributed by atoms with van der Waals surface area (Å²) < 4.78 is 0. The first-order valence-electron chi connectivity index (χ1n) is 18.2. The van der Waals surface area contributed by atoms with Crippen LogP contribution in [-0.4, -0.2) is 0 Å². The average molecular weight is 664 g/mol. The summed E-state index contributed by atoms with van der Waals surface area (Å²) in [6.45, 7) is 4.49. The lowest BCUT2D eigenvalue weighted by Gasteiger charge is -2.28. The maximum Gasteiger partial charge on any atom is 0.0540 e. The molecule has 1 aliphatic rings. The fourth-order valence-electron chi connectivity index (χ4n) is 8.44. The van der Waals surface area contributed by atoms with Gasteiger partial charge < -0.3 is 4.90 Å². The van der Waals surface area contributed by atoms with Gasteiger partial charge in [-0.1, -0.05) is 133 Å². The quantitative estimate of drug-likeness (QED) is 0.166. The number of benzene rings is 9. The highest BCUT2D eigenvalue weighted by Crippen LogP contribution is 2.43. The Kier molecular flexibility index (Phi) is 7.08. The van der Waals surface area contributed by atoms with Gasteiger partial charge in [0.15, 0.2) is 0 Å². The average Bonchev–Trinajstić information content (AvgIpc) is 3.56. The van der Waals surface area contributed by atoms with Crippen LogP contribution in [0.4, 0.5) is 17.1 Å². The number of nitrogens with zero attached hydrogens (tertiary/aromatic N) is 1. The minimum atomic E-state index is 1.02. The first-order valence-corrected chi connectivity index (χ1v) is 18.2. The molecular formula is C51H37N. The number of fused-ring (bicyclic) bond motifs is 7. The molecule has 1 aliphatic carbocycles. The van der Waals surface area contributed by atoms with Crippen LogP contribution in [0.1, 0.15) is 22.3 Å². The van der Waals surface area contributed by atoms with Crippen LogP contribution in [0.3, 0.4) is 0 Å². The first kappa shape index (κ1) is 30.4. The van der Waals surface area contributed by atoms with Gasteiger partial charge in [0.05, 0.1) is 5.69 Å². The van der Waals surface area contributed by atoms with Gasteiger partial charge >= 0.3 is 0 Å². The monoisotopic (exact) mass is 663 g/mol. The number of rotatable bonds is 5. The largest absolute Gasteiger partial charge is 0.310 e. The van der Waals surface area contributed by atoms with Crippen molar-refractivity contribution in [2.45, 2.75) is 20.3 Å². The maximum absolute atomic E-state index is 2.44. The van der Waals surface area contributed by atoms with Crippen LogP contribution in [-0.2, 0) is 6.42 Å². The third-order valence-corrected chi connectivity index (χ3v) is 11.1. The number of aryl methyl sites for hydroxylation is 2. The van der Waals surface area contributed by atoms with E-state index < -0.39 is 0 Å². The fourth-order valence-corrected chi connectivity index (χ4v) is 8.44. The molecule has 0 spiro atoms. The lowest BCUT2D eigenvalue weighted by Crippen LogP contribution is -2.11. The van der Waals surface area contributed by atoms with Crippen LogP contribution in [0.2, 0.25) is 0 Å². The number of hydrogen-bond acceptors (Lipinski definition) is 1. The fraction of sp³-hybridized carbons (Fsp3) is 0.0588. The van der Waals surface area contributed by atoms with Crippen LogP contribution < -0.4 is 4.90 Å². The molecule has 9 aromatic rings. The molecule has 0 amide bonds. The van der Waals surface area contributed by atoms with Gasteiger partial charge in [-0.05, 0) is 145 Å². The van der Waals surface area contributed by atoms with E-state index in [9.17, 15) is 0 Å². The molecule has 0 N–H and O–H groups in total. The van der Waals surface area contributed by atoms with Crippen LogP contribution in [0.5, 0.6) is 0 Å². The summed E-state index contributed by atoms with van der Waals surface area (Å²) >= 11 is 0. The van der Waals surface area contributed by atoms with Crippen molar-refractivity contribution in [1.82, 2.24) is 0 Å². The highest BCUT2D eigenvalue weighted by molar-refractivity contribution is 6.09. The van der Waals surface area contributed by atoms with Crippen LogP contribution in [0.15, 0.2) is 176 Å². The molecule has 0 atom stereocenters. The lowest BCUT2D eigenvalue weighted by molar-refractivity contribution is 1.26. The van der Waals surface area contributed by atoms with Gasteiger partial charge in [-0.2, -0.15) is 0 Å². The van der Waals surface area contributed by atoms with Gasteiger partial charge in [0.2, 0.25) is 0 Å². The molecule has 0 fully saturated rings. The molecule has 1 heteroatoms. The van der Waals surface area contributed by atoms with Gasteiger partial charge in [-0.15, -0.1) is 0 Å². The summed E-state index contributed by atoms with van der Waals surface area (Å²) in [5.74, 6) is 0. The van der Waals surface area contributed by atoms with Crippen LogP contribution in [0, 0.1) is 13.8 Å². The normalized spacial score (nSPS) is 12.0. The molecule has 0 saturated carbocycles. The molecule has 9 aromatic carbocycles. The summed E-state index contributed by atoms with van der Waals surface area (Å²) in [6.07, 6.45) is 1.02. The minimum Gasteiger partial charge on any atom is -0.310 e. The molecule has 0 unspecified atom stereocenters. The summed E-state index contributed by atoms with van der Waals surface area (Å²) in [7, 11) is 0. The van der Waals surface area contributed by atoms with E-state index in [-0.39, 0.29) is 0 Å². The molecule has 0 bridgehead atoms. The third-order valence-electron chi connectivity index (χ3n) is 11.1. The van der Waals surface area contributed by atoms with Gasteiger partial charge in [-0.25, -0.2) is 0 Å². The second-order valence-electron chi connectivity index (χ2n) is 14.3. The van der Waals surface area contributed by atoms with E-state index in [4.69, 9.17) is 0 Å². The van der Waals surface area contributed by atoms with E-state index in [1.54, 1.807) is 0 Å². The van der Waals surface area contributed by atoms with E-state index >= 15 is 0 Å². The van der Waals surface area contributed by atoms with Crippen molar-refractivity contribution in [1.29, 1.82) is 0 Å². The molecule has 0 aromatic heterocycles. The van der Waals surface area contributed by atoms with Crippen molar-refractivity contribution >= 4 is 49.4 Å². The second kappa shape index (κ2) is 12.1. The Labute approximate surface area is 305 Å². The predicted molar refractivity (Wildman–Crippen MR) is 222 cm³/mol. The molecule has 0 heterocycles. The summed E-state index contributed by atoms with van der Waals surface area (Å²) in [4.78, 5) is 2.44. The first-order chi connectivity index (χ1) is 25.6.